The van der Waals surface area contributed by atoms with Gasteiger partial charge in [-0.2, -0.15) is 5.26 Å². The Morgan fingerprint density at radius 3 is 2.65 bits per heavy atom. The van der Waals surface area contributed by atoms with Crippen LogP contribution in [0.15, 0.2) is 30.3 Å². The van der Waals surface area contributed by atoms with E-state index in [4.69, 9.17) is 10.4 Å². The minimum absolute atomic E-state index is 0.0160. The van der Waals surface area contributed by atoms with Crippen LogP contribution in [0.25, 0.3) is 0 Å². The number of aliphatic carboxylic acids is 1. The standard InChI is InChI=1S/C13H16N2O2/c1-10(8-14)9-15-12(7-13(16)17)11-5-3-2-4-6-11/h2-6,10,12,15H,7,9H2,1H3,(H,16,17). The largest absolute Gasteiger partial charge is 0.481 e. The van der Waals surface area contributed by atoms with Crippen LogP contribution in [0.1, 0.15) is 24.9 Å². The summed E-state index contributed by atoms with van der Waals surface area (Å²) in [6, 6.07) is 11.3. The molecule has 0 saturated carbocycles. The van der Waals surface area contributed by atoms with Gasteiger partial charge < -0.3 is 10.4 Å². The summed E-state index contributed by atoms with van der Waals surface area (Å²) in [6.07, 6.45) is 0.0160. The third kappa shape index (κ3) is 4.66. The lowest BCUT2D eigenvalue weighted by molar-refractivity contribution is -0.137. The molecule has 0 aliphatic rings. The number of nitrogens with zero attached hydrogens (tertiary/aromatic N) is 1. The van der Waals surface area contributed by atoms with E-state index < -0.39 is 5.97 Å². The monoisotopic (exact) mass is 232 g/mol. The van der Waals surface area contributed by atoms with Gasteiger partial charge in [-0.1, -0.05) is 30.3 Å². The van der Waals surface area contributed by atoms with E-state index in [1.165, 1.54) is 0 Å². The quantitative estimate of drug-likeness (QED) is 0.786. The zero-order valence-electron chi connectivity index (χ0n) is 9.76. The molecule has 0 heterocycles. The number of hydrogen-bond donors (Lipinski definition) is 2. The molecule has 0 aliphatic carbocycles. The first kappa shape index (κ1) is 13.2. The number of nitrogens with one attached hydrogen (secondary N) is 1. The van der Waals surface area contributed by atoms with Crippen molar-refractivity contribution in [1.29, 1.82) is 5.26 Å². The second-order valence-corrected chi connectivity index (χ2v) is 4.00. The van der Waals surface area contributed by atoms with Gasteiger partial charge in [0.2, 0.25) is 0 Å². The van der Waals surface area contributed by atoms with Gasteiger partial charge in [0.25, 0.3) is 0 Å². The van der Waals surface area contributed by atoms with Crippen LogP contribution in [0.4, 0.5) is 0 Å². The van der Waals surface area contributed by atoms with Gasteiger partial charge in [0.05, 0.1) is 18.4 Å². The molecule has 2 unspecified atom stereocenters. The molecule has 0 saturated heterocycles. The maximum atomic E-state index is 10.8. The fourth-order valence-electron chi connectivity index (χ4n) is 1.53. The Morgan fingerprint density at radius 1 is 1.47 bits per heavy atom. The fourth-order valence-corrected chi connectivity index (χ4v) is 1.53. The van der Waals surface area contributed by atoms with E-state index in [-0.39, 0.29) is 18.4 Å². The van der Waals surface area contributed by atoms with Gasteiger partial charge in [-0.15, -0.1) is 0 Å². The lowest BCUT2D eigenvalue weighted by Crippen LogP contribution is -2.27. The fraction of sp³-hybridized carbons (Fsp3) is 0.385. The normalized spacial score (nSPS) is 13.6. The summed E-state index contributed by atoms with van der Waals surface area (Å²) in [6.45, 7) is 2.29. The molecule has 1 aromatic rings. The topological polar surface area (TPSA) is 73.1 Å². The van der Waals surface area contributed by atoms with Gasteiger partial charge in [-0.3, -0.25) is 4.79 Å². The van der Waals surface area contributed by atoms with Crippen molar-refractivity contribution in [3.63, 3.8) is 0 Å². The molecule has 2 N–H and O–H groups in total. The lowest BCUT2D eigenvalue weighted by atomic mass is 10.0. The average Bonchev–Trinajstić information content (AvgIpc) is 2.34. The molecular weight excluding hydrogens is 216 g/mol. The van der Waals surface area contributed by atoms with Crippen LogP contribution in [-0.2, 0) is 4.79 Å². The number of hydrogen-bond acceptors (Lipinski definition) is 3. The highest BCUT2D eigenvalue weighted by molar-refractivity contribution is 5.67. The second kappa shape index (κ2) is 6.66. The highest BCUT2D eigenvalue weighted by atomic mass is 16.4. The van der Waals surface area contributed by atoms with Crippen molar-refractivity contribution in [2.45, 2.75) is 19.4 Å². The zero-order chi connectivity index (χ0) is 12.7. The lowest BCUT2D eigenvalue weighted by Gasteiger charge is -2.18. The van der Waals surface area contributed by atoms with Crippen molar-refractivity contribution in [2.75, 3.05) is 6.54 Å². The number of nitriles is 1. The van der Waals surface area contributed by atoms with Crippen LogP contribution < -0.4 is 5.32 Å². The highest BCUT2D eigenvalue weighted by Crippen LogP contribution is 2.16. The third-order valence-corrected chi connectivity index (χ3v) is 2.47. The molecule has 2 atom stereocenters. The Morgan fingerprint density at radius 2 is 2.12 bits per heavy atom. The van der Waals surface area contributed by atoms with Crippen LogP contribution in [0.3, 0.4) is 0 Å². The molecule has 0 spiro atoms. The highest BCUT2D eigenvalue weighted by Gasteiger charge is 2.15. The molecule has 90 valence electrons. The summed E-state index contributed by atoms with van der Waals surface area (Å²) < 4.78 is 0. The Labute approximate surface area is 101 Å². The Kier molecular flexibility index (Phi) is 5.18. The van der Waals surface area contributed by atoms with Crippen molar-refractivity contribution in [2.24, 2.45) is 5.92 Å². The molecule has 4 nitrogen and oxygen atoms in total. The van der Waals surface area contributed by atoms with E-state index in [2.05, 4.69) is 11.4 Å². The molecule has 0 aliphatic heterocycles. The molecular formula is C13H16N2O2. The number of rotatable bonds is 6. The molecule has 0 bridgehead atoms. The Balaban J connectivity index is 2.68. The molecule has 1 rings (SSSR count). The van der Waals surface area contributed by atoms with Crippen LogP contribution in [0.2, 0.25) is 0 Å². The minimum Gasteiger partial charge on any atom is -0.481 e. The smallest absolute Gasteiger partial charge is 0.305 e. The van der Waals surface area contributed by atoms with Crippen molar-refractivity contribution in [1.82, 2.24) is 5.32 Å². The summed E-state index contributed by atoms with van der Waals surface area (Å²) >= 11 is 0. The molecule has 17 heavy (non-hydrogen) atoms. The number of carboxylic acids is 1. The molecule has 4 heteroatoms. The minimum atomic E-state index is -0.851. The number of carbonyl (C=O) groups is 1. The first-order valence-corrected chi connectivity index (χ1v) is 5.53. The zero-order valence-corrected chi connectivity index (χ0v) is 9.76. The predicted molar refractivity (Wildman–Crippen MR) is 64.2 cm³/mol. The van der Waals surface area contributed by atoms with Gasteiger partial charge in [0.1, 0.15) is 0 Å². The molecule has 0 aromatic heterocycles. The van der Waals surface area contributed by atoms with E-state index in [9.17, 15) is 4.79 Å². The molecule has 0 fully saturated rings. The summed E-state index contributed by atoms with van der Waals surface area (Å²) in [5, 5.41) is 20.7. The van der Waals surface area contributed by atoms with E-state index in [1.807, 2.05) is 30.3 Å². The van der Waals surface area contributed by atoms with Crippen molar-refractivity contribution in [3.05, 3.63) is 35.9 Å². The summed E-state index contributed by atoms with van der Waals surface area (Å²) in [7, 11) is 0. The van der Waals surface area contributed by atoms with Crippen LogP contribution in [0, 0.1) is 17.2 Å². The summed E-state index contributed by atoms with van der Waals surface area (Å²) in [4.78, 5) is 10.8. The van der Waals surface area contributed by atoms with Crippen molar-refractivity contribution >= 4 is 5.97 Å². The van der Waals surface area contributed by atoms with Crippen LogP contribution in [-0.4, -0.2) is 17.6 Å². The average molecular weight is 232 g/mol. The van der Waals surface area contributed by atoms with Crippen molar-refractivity contribution < 1.29 is 9.90 Å². The van der Waals surface area contributed by atoms with Gasteiger partial charge >= 0.3 is 5.97 Å². The van der Waals surface area contributed by atoms with Gasteiger partial charge in [-0.25, -0.2) is 0 Å². The third-order valence-electron chi connectivity index (χ3n) is 2.47. The van der Waals surface area contributed by atoms with E-state index in [1.54, 1.807) is 6.92 Å². The first-order valence-electron chi connectivity index (χ1n) is 5.53. The molecule has 1 aromatic carbocycles. The van der Waals surface area contributed by atoms with Crippen LogP contribution in [0.5, 0.6) is 0 Å². The van der Waals surface area contributed by atoms with E-state index in [0.29, 0.717) is 6.54 Å². The summed E-state index contributed by atoms with van der Waals surface area (Å²) in [5.41, 5.74) is 0.931. The van der Waals surface area contributed by atoms with Gasteiger partial charge in [0, 0.05) is 12.6 Å². The number of benzene rings is 1. The maximum absolute atomic E-state index is 10.8. The SMILES string of the molecule is CC(C#N)CNC(CC(=O)O)c1ccccc1. The van der Waals surface area contributed by atoms with Gasteiger partial charge in [-0.05, 0) is 12.5 Å². The van der Waals surface area contributed by atoms with E-state index >= 15 is 0 Å². The second-order valence-electron chi connectivity index (χ2n) is 4.00. The maximum Gasteiger partial charge on any atom is 0.305 e. The Hall–Kier alpha value is -1.86. The van der Waals surface area contributed by atoms with Crippen LogP contribution >= 0.6 is 0 Å². The first-order chi connectivity index (χ1) is 8.13. The Bertz CT molecular complexity index is 398. The number of carboxylic acid groups (broad SMARTS) is 1. The predicted octanol–water partition coefficient (Wildman–Crippen LogP) is 1.95. The van der Waals surface area contributed by atoms with Gasteiger partial charge in [0.15, 0.2) is 0 Å². The molecule has 0 radical (unpaired) electrons. The summed E-state index contributed by atoms with van der Waals surface area (Å²) in [5.74, 6) is -0.981. The van der Waals surface area contributed by atoms with E-state index in [0.717, 1.165) is 5.56 Å². The van der Waals surface area contributed by atoms with Crippen molar-refractivity contribution in [3.8, 4) is 6.07 Å². The molecule has 0 amide bonds.